The van der Waals surface area contributed by atoms with E-state index < -0.39 is 110 Å². The number of hydrogen-bond acceptors (Lipinski definition) is 2. The number of rotatable bonds is 4. The molecule has 0 unspecified atom stereocenters. The van der Waals surface area contributed by atoms with E-state index in [1.54, 1.807) is 0 Å². The summed E-state index contributed by atoms with van der Waals surface area (Å²) in [6, 6.07) is 0. The van der Waals surface area contributed by atoms with Gasteiger partial charge in [0, 0.05) is 0 Å². The van der Waals surface area contributed by atoms with Crippen molar-refractivity contribution in [2.75, 3.05) is 0 Å². The lowest BCUT2D eigenvalue weighted by Crippen LogP contribution is -2.82. The molecule has 0 atom stereocenters. The maximum absolute atomic E-state index is 14.7. The molecule has 3 N–H and O–H groups in total. The van der Waals surface area contributed by atoms with Crippen molar-refractivity contribution in [1.82, 2.24) is 5.34 Å². The van der Waals surface area contributed by atoms with Gasteiger partial charge in [0.05, 0.1) is 0 Å². The second-order valence-electron chi connectivity index (χ2n) is 6.98. The lowest BCUT2D eigenvalue weighted by Gasteiger charge is -2.43. The smallest absolute Gasteiger partial charge is 0.200 e. The van der Waals surface area contributed by atoms with Gasteiger partial charge in [-0.1, -0.05) is 0 Å². The lowest BCUT2D eigenvalue weighted by molar-refractivity contribution is 0.379. The first-order valence-electron chi connectivity index (χ1n) is 8.78. The second-order valence-corrected chi connectivity index (χ2v) is 6.98. The van der Waals surface area contributed by atoms with Crippen LogP contribution in [0, 0.1) is 87.3 Å². The van der Waals surface area contributed by atoms with Crippen LogP contribution >= 0.6 is 0 Å². The van der Waals surface area contributed by atoms with E-state index in [1.807, 2.05) is 0 Å². The molecule has 0 bridgehead atoms. The molecule has 0 spiro atoms. The number of hydrogen-bond donors (Lipinski definition) is 2. The summed E-state index contributed by atoms with van der Waals surface area (Å²) in [5.41, 5.74) is -8.50. The SMILES string of the molecule is NN[B-](c1c(F)c(F)c(F)c(F)c1F)(c1c(F)c(F)c(F)c(F)c1F)c1c(F)c(F)c(F)c(F)c1F. The molecule has 0 saturated heterocycles. The van der Waals surface area contributed by atoms with Gasteiger partial charge in [-0.05, 0) is 0 Å². The van der Waals surface area contributed by atoms with Crippen LogP contribution in [0.1, 0.15) is 0 Å². The molecular weight excluding hydrogens is 540 g/mol. The van der Waals surface area contributed by atoms with Crippen molar-refractivity contribution in [3.05, 3.63) is 87.3 Å². The van der Waals surface area contributed by atoms with E-state index in [4.69, 9.17) is 5.84 Å². The fourth-order valence-corrected chi connectivity index (χ4v) is 3.69. The van der Waals surface area contributed by atoms with Crippen LogP contribution in [0.3, 0.4) is 0 Å². The van der Waals surface area contributed by atoms with E-state index in [2.05, 4.69) is 0 Å². The van der Waals surface area contributed by atoms with E-state index in [1.165, 1.54) is 0 Å². The standard InChI is InChI=1S/C18H3BF15N2/c20-4-1(5(21)11(27)16(32)10(4)26)19(36-35,2-6(22)12(28)17(33)13(29)7(2)23)3-8(24)14(30)18(34)15(31)9(3)25/h36H,35H2/q-1. The molecule has 3 aromatic rings. The maximum atomic E-state index is 14.7. The molecule has 3 aromatic carbocycles. The van der Waals surface area contributed by atoms with Crippen molar-refractivity contribution in [1.29, 1.82) is 0 Å². The van der Waals surface area contributed by atoms with Crippen molar-refractivity contribution >= 4 is 22.7 Å². The average molecular weight is 543 g/mol. The highest BCUT2D eigenvalue weighted by Crippen LogP contribution is 2.26. The average Bonchev–Trinajstić information content (AvgIpc) is 2.85. The summed E-state index contributed by atoms with van der Waals surface area (Å²) < 4.78 is 213. The highest BCUT2D eigenvalue weighted by Gasteiger charge is 2.48. The van der Waals surface area contributed by atoms with Crippen LogP contribution in [0.2, 0.25) is 0 Å². The van der Waals surface area contributed by atoms with Crippen LogP contribution in [0.25, 0.3) is 0 Å². The van der Waals surface area contributed by atoms with Gasteiger partial charge in [-0.2, -0.15) is 0 Å². The topological polar surface area (TPSA) is 38.0 Å². The molecule has 0 fully saturated rings. The summed E-state index contributed by atoms with van der Waals surface area (Å²) in [6.45, 7) is 0. The molecule has 0 radical (unpaired) electrons. The Bertz CT molecular complexity index is 1190. The third-order valence-corrected chi connectivity index (χ3v) is 5.28. The normalized spacial score (nSPS) is 12.0. The summed E-state index contributed by atoms with van der Waals surface area (Å²) in [7, 11) is 0. The highest BCUT2D eigenvalue weighted by atomic mass is 19.2. The van der Waals surface area contributed by atoms with Gasteiger partial charge in [0.25, 0.3) is 0 Å². The molecule has 0 aliphatic carbocycles. The largest absolute Gasteiger partial charge is 0.414 e. The van der Waals surface area contributed by atoms with E-state index in [-0.39, 0.29) is 0 Å². The third kappa shape index (κ3) is 3.34. The first-order valence-corrected chi connectivity index (χ1v) is 8.78. The van der Waals surface area contributed by atoms with Crippen LogP contribution in [0.4, 0.5) is 65.9 Å². The Morgan fingerprint density at radius 2 is 0.444 bits per heavy atom. The monoisotopic (exact) mass is 543 g/mol. The molecule has 0 heterocycles. The van der Waals surface area contributed by atoms with Crippen LogP contribution in [0.15, 0.2) is 0 Å². The zero-order valence-electron chi connectivity index (χ0n) is 16.3. The van der Waals surface area contributed by atoms with Crippen LogP contribution in [0.5, 0.6) is 0 Å². The summed E-state index contributed by atoms with van der Waals surface area (Å²) >= 11 is 0. The Hall–Kier alpha value is -3.41. The minimum Gasteiger partial charge on any atom is -0.414 e. The number of hydrazine groups is 1. The highest BCUT2D eigenvalue weighted by molar-refractivity contribution is 7.10. The molecule has 0 amide bonds. The molecule has 3 rings (SSSR count). The van der Waals surface area contributed by atoms with E-state index in [0.717, 1.165) is 5.34 Å². The van der Waals surface area contributed by atoms with E-state index in [9.17, 15) is 65.9 Å². The Labute approximate surface area is 188 Å². The molecule has 2 nitrogen and oxygen atoms in total. The van der Waals surface area contributed by atoms with Gasteiger partial charge in [-0.25, -0.2) is 65.9 Å². The number of halogens is 15. The number of nitrogens with one attached hydrogen (secondary N) is 1. The fraction of sp³-hybridized carbons (Fsp3) is 0. The summed E-state index contributed by atoms with van der Waals surface area (Å²) in [5, 5.41) is 0.786. The first kappa shape index (κ1) is 27.2. The summed E-state index contributed by atoms with van der Waals surface area (Å²) in [6.07, 6.45) is -5.87. The van der Waals surface area contributed by atoms with Crippen LogP contribution in [-0.4, -0.2) is 6.28 Å². The minimum absolute atomic E-state index is 0.786. The summed E-state index contributed by atoms with van der Waals surface area (Å²) in [5.74, 6) is -41.6. The molecule has 36 heavy (non-hydrogen) atoms. The van der Waals surface area contributed by atoms with Gasteiger partial charge in [0.1, 0.15) is 34.9 Å². The Morgan fingerprint density at radius 3 is 0.583 bits per heavy atom. The zero-order valence-corrected chi connectivity index (χ0v) is 16.3. The van der Waals surface area contributed by atoms with Gasteiger partial charge in [0.2, 0.25) is 0 Å². The van der Waals surface area contributed by atoms with Gasteiger partial charge in [-0.15, -0.1) is 16.4 Å². The van der Waals surface area contributed by atoms with Gasteiger partial charge in [-0.3, -0.25) is 0 Å². The minimum atomic E-state index is -5.87. The first-order chi connectivity index (χ1) is 16.6. The van der Waals surface area contributed by atoms with E-state index >= 15 is 0 Å². The van der Waals surface area contributed by atoms with Gasteiger partial charge >= 0.3 is 0 Å². The lowest BCUT2D eigenvalue weighted by atomic mass is 9.24. The molecular formula is C18H3BF15N2-. The number of benzene rings is 3. The van der Waals surface area contributed by atoms with Gasteiger partial charge in [0.15, 0.2) is 58.6 Å². The van der Waals surface area contributed by atoms with Crippen molar-refractivity contribution in [2.24, 2.45) is 5.84 Å². The maximum Gasteiger partial charge on any atom is 0.200 e. The van der Waals surface area contributed by atoms with Gasteiger partial charge < -0.3 is 11.2 Å². The summed E-state index contributed by atoms with van der Waals surface area (Å²) in [4.78, 5) is 0. The fourth-order valence-electron chi connectivity index (χ4n) is 3.69. The van der Waals surface area contributed by atoms with Crippen molar-refractivity contribution in [3.63, 3.8) is 0 Å². The predicted molar refractivity (Wildman–Crippen MR) is 90.7 cm³/mol. The van der Waals surface area contributed by atoms with Crippen molar-refractivity contribution in [3.8, 4) is 0 Å². The Kier molecular flexibility index (Phi) is 6.73. The Balaban J connectivity index is 2.84. The quantitative estimate of drug-likeness (QED) is 0.133. The zero-order chi connectivity index (χ0) is 27.6. The molecule has 0 aliphatic heterocycles. The van der Waals surface area contributed by atoms with Crippen LogP contribution < -0.4 is 27.6 Å². The number of nitrogens with two attached hydrogens (primary N) is 1. The van der Waals surface area contributed by atoms with Crippen LogP contribution in [-0.2, 0) is 0 Å². The molecule has 194 valence electrons. The molecule has 0 saturated carbocycles. The second kappa shape index (κ2) is 8.92. The Morgan fingerprint density at radius 1 is 0.306 bits per heavy atom. The van der Waals surface area contributed by atoms with E-state index in [0.29, 0.717) is 0 Å². The molecule has 0 aromatic heterocycles. The van der Waals surface area contributed by atoms with Crippen molar-refractivity contribution in [2.45, 2.75) is 0 Å². The predicted octanol–water partition coefficient (Wildman–Crippen LogP) is 3.20. The molecule has 0 aliphatic rings. The van der Waals surface area contributed by atoms with Crippen molar-refractivity contribution < 1.29 is 65.9 Å². The molecule has 18 heteroatoms. The third-order valence-electron chi connectivity index (χ3n) is 5.28.